The lowest BCUT2D eigenvalue weighted by Gasteiger charge is -2.22. The molecule has 0 heterocycles. The Morgan fingerprint density at radius 3 is 2.32 bits per heavy atom. The van der Waals surface area contributed by atoms with Crippen LogP contribution in [0.4, 0.5) is 4.79 Å². The number of hydrogen-bond acceptors (Lipinski definition) is 3. The zero-order valence-corrected chi connectivity index (χ0v) is 11.1. The first-order valence-electron chi connectivity index (χ1n) is 6.74. The molecular weight excluding hydrogens is 242 g/mol. The number of carbonyl (C=O) groups excluding carboxylic acids is 2. The van der Waals surface area contributed by atoms with Crippen LogP contribution in [0.1, 0.15) is 49.4 Å². The van der Waals surface area contributed by atoms with Crippen molar-refractivity contribution in [2.45, 2.75) is 45.1 Å². The number of amides is 1. The molecule has 1 aromatic carbocycles. The van der Waals surface area contributed by atoms with Crippen LogP contribution in [-0.4, -0.2) is 17.9 Å². The highest BCUT2D eigenvalue weighted by Gasteiger charge is 2.16. The van der Waals surface area contributed by atoms with E-state index in [1.54, 1.807) is 24.3 Å². The normalized spacial score (nSPS) is 15.8. The van der Waals surface area contributed by atoms with E-state index in [9.17, 15) is 9.59 Å². The summed E-state index contributed by atoms with van der Waals surface area (Å²) in [5.41, 5.74) is 0.611. The second kappa shape index (κ2) is 6.36. The highest BCUT2D eigenvalue weighted by Crippen LogP contribution is 2.18. The van der Waals surface area contributed by atoms with Crippen LogP contribution in [-0.2, 0) is 0 Å². The molecule has 0 spiro atoms. The highest BCUT2D eigenvalue weighted by molar-refractivity contribution is 5.94. The van der Waals surface area contributed by atoms with Crippen molar-refractivity contribution in [3.05, 3.63) is 29.8 Å². The van der Waals surface area contributed by atoms with Crippen molar-refractivity contribution in [3.63, 3.8) is 0 Å². The summed E-state index contributed by atoms with van der Waals surface area (Å²) < 4.78 is 5.19. The lowest BCUT2D eigenvalue weighted by Crippen LogP contribution is -2.37. The Balaban J connectivity index is 1.85. The maximum Gasteiger partial charge on any atom is 0.412 e. The first-order valence-corrected chi connectivity index (χ1v) is 6.74. The van der Waals surface area contributed by atoms with E-state index in [1.165, 1.54) is 13.3 Å². The van der Waals surface area contributed by atoms with Gasteiger partial charge in [0.2, 0.25) is 0 Å². The van der Waals surface area contributed by atoms with Gasteiger partial charge in [-0.15, -0.1) is 0 Å². The summed E-state index contributed by atoms with van der Waals surface area (Å²) in [4.78, 5) is 22.8. The van der Waals surface area contributed by atoms with E-state index >= 15 is 0 Å². The molecule has 19 heavy (non-hydrogen) atoms. The molecule has 2 rings (SSSR count). The highest BCUT2D eigenvalue weighted by atomic mass is 16.6. The number of nitrogens with one attached hydrogen (secondary N) is 1. The standard InChI is InChI=1S/C15H19NO3/c1-11(17)12-7-9-14(10-8-12)19-15(18)16-13-5-3-2-4-6-13/h7-10,13H,2-6H2,1H3,(H,16,18). The van der Waals surface area contributed by atoms with Gasteiger partial charge in [0.1, 0.15) is 5.75 Å². The predicted molar refractivity (Wildman–Crippen MR) is 72.5 cm³/mol. The molecule has 0 bridgehead atoms. The van der Waals surface area contributed by atoms with Crippen molar-refractivity contribution in [1.82, 2.24) is 5.32 Å². The fourth-order valence-corrected chi connectivity index (χ4v) is 2.31. The molecule has 1 fully saturated rings. The first kappa shape index (κ1) is 13.6. The van der Waals surface area contributed by atoms with Crippen LogP contribution in [0.15, 0.2) is 24.3 Å². The molecule has 1 aliphatic carbocycles. The predicted octanol–water partition coefficient (Wildman–Crippen LogP) is 3.31. The molecule has 1 amide bonds. The number of rotatable bonds is 3. The summed E-state index contributed by atoms with van der Waals surface area (Å²) in [7, 11) is 0. The summed E-state index contributed by atoms with van der Waals surface area (Å²) >= 11 is 0. The third kappa shape index (κ3) is 4.09. The maximum absolute atomic E-state index is 11.7. The monoisotopic (exact) mass is 261 g/mol. The van der Waals surface area contributed by atoms with Crippen LogP contribution in [0, 0.1) is 0 Å². The number of benzene rings is 1. The molecule has 4 nitrogen and oxygen atoms in total. The third-order valence-electron chi connectivity index (χ3n) is 3.40. The van der Waals surface area contributed by atoms with Gasteiger partial charge in [-0.25, -0.2) is 4.79 Å². The van der Waals surface area contributed by atoms with E-state index in [0.717, 1.165) is 25.7 Å². The molecule has 1 saturated carbocycles. The third-order valence-corrected chi connectivity index (χ3v) is 3.40. The Morgan fingerprint density at radius 2 is 1.74 bits per heavy atom. The van der Waals surface area contributed by atoms with Gasteiger partial charge < -0.3 is 10.1 Å². The SMILES string of the molecule is CC(=O)c1ccc(OC(=O)NC2CCCCC2)cc1. The van der Waals surface area contributed by atoms with Gasteiger partial charge in [0.25, 0.3) is 0 Å². The van der Waals surface area contributed by atoms with E-state index in [0.29, 0.717) is 11.3 Å². The molecule has 0 unspecified atom stereocenters. The lowest BCUT2D eigenvalue weighted by atomic mass is 9.96. The van der Waals surface area contributed by atoms with Crippen LogP contribution < -0.4 is 10.1 Å². The summed E-state index contributed by atoms with van der Waals surface area (Å²) in [6.07, 6.45) is 5.22. The summed E-state index contributed by atoms with van der Waals surface area (Å²) in [5, 5.41) is 2.88. The zero-order valence-electron chi connectivity index (χ0n) is 11.1. The van der Waals surface area contributed by atoms with Crippen LogP contribution in [0.25, 0.3) is 0 Å². The average molecular weight is 261 g/mol. The minimum atomic E-state index is -0.414. The molecule has 0 atom stereocenters. The van der Waals surface area contributed by atoms with Crippen molar-refractivity contribution in [2.24, 2.45) is 0 Å². The number of hydrogen-bond donors (Lipinski definition) is 1. The zero-order chi connectivity index (χ0) is 13.7. The Kier molecular flexibility index (Phi) is 4.55. The van der Waals surface area contributed by atoms with E-state index in [4.69, 9.17) is 4.74 Å². The quantitative estimate of drug-likeness (QED) is 0.849. The van der Waals surface area contributed by atoms with Crippen molar-refractivity contribution in [2.75, 3.05) is 0 Å². The Morgan fingerprint density at radius 1 is 1.11 bits per heavy atom. The van der Waals surface area contributed by atoms with Crippen LogP contribution >= 0.6 is 0 Å². The largest absolute Gasteiger partial charge is 0.412 e. The summed E-state index contributed by atoms with van der Waals surface area (Å²) in [6, 6.07) is 6.82. The van der Waals surface area contributed by atoms with Gasteiger partial charge in [-0.1, -0.05) is 19.3 Å². The van der Waals surface area contributed by atoms with Crippen LogP contribution in [0.2, 0.25) is 0 Å². The van der Waals surface area contributed by atoms with Gasteiger partial charge in [-0.05, 0) is 44.0 Å². The minimum absolute atomic E-state index is 0.00166. The van der Waals surface area contributed by atoms with Crippen molar-refractivity contribution in [3.8, 4) is 5.75 Å². The molecule has 102 valence electrons. The van der Waals surface area contributed by atoms with E-state index in [-0.39, 0.29) is 11.8 Å². The first-order chi connectivity index (χ1) is 9.15. The van der Waals surface area contributed by atoms with Gasteiger partial charge >= 0.3 is 6.09 Å². The maximum atomic E-state index is 11.7. The van der Waals surface area contributed by atoms with Gasteiger partial charge in [0, 0.05) is 11.6 Å². The van der Waals surface area contributed by atoms with Gasteiger partial charge in [-0.3, -0.25) is 4.79 Å². The smallest absolute Gasteiger partial charge is 0.410 e. The number of ketones is 1. The van der Waals surface area contributed by atoms with E-state index in [1.807, 2.05) is 0 Å². The minimum Gasteiger partial charge on any atom is -0.410 e. The van der Waals surface area contributed by atoms with Crippen LogP contribution in [0.5, 0.6) is 5.75 Å². The second-order valence-electron chi connectivity index (χ2n) is 4.95. The second-order valence-corrected chi connectivity index (χ2v) is 4.95. The average Bonchev–Trinajstić information content (AvgIpc) is 2.40. The fourth-order valence-electron chi connectivity index (χ4n) is 2.31. The Labute approximate surface area is 113 Å². The number of ether oxygens (including phenoxy) is 1. The fraction of sp³-hybridized carbons (Fsp3) is 0.467. The van der Waals surface area contributed by atoms with E-state index < -0.39 is 6.09 Å². The molecule has 4 heteroatoms. The Hall–Kier alpha value is -1.84. The molecule has 1 N–H and O–H groups in total. The van der Waals surface area contributed by atoms with Crippen molar-refractivity contribution < 1.29 is 14.3 Å². The molecule has 0 aromatic heterocycles. The topological polar surface area (TPSA) is 55.4 Å². The van der Waals surface area contributed by atoms with E-state index in [2.05, 4.69) is 5.32 Å². The number of Topliss-reactive ketones (excluding diaryl/α,β-unsaturated/α-hetero) is 1. The molecule has 1 aliphatic rings. The van der Waals surface area contributed by atoms with Gasteiger partial charge in [-0.2, -0.15) is 0 Å². The molecule has 1 aromatic rings. The van der Waals surface area contributed by atoms with Gasteiger partial charge in [0.05, 0.1) is 0 Å². The molecule has 0 saturated heterocycles. The van der Waals surface area contributed by atoms with Crippen molar-refractivity contribution in [1.29, 1.82) is 0 Å². The summed E-state index contributed by atoms with van der Waals surface area (Å²) in [5.74, 6) is 0.455. The molecular formula is C15H19NO3. The number of carbonyl (C=O) groups is 2. The molecule has 0 radical (unpaired) electrons. The van der Waals surface area contributed by atoms with Crippen molar-refractivity contribution >= 4 is 11.9 Å². The lowest BCUT2D eigenvalue weighted by molar-refractivity contribution is 0.101. The van der Waals surface area contributed by atoms with Gasteiger partial charge in [0.15, 0.2) is 5.78 Å². The Bertz CT molecular complexity index is 447. The molecule has 0 aliphatic heterocycles. The van der Waals surface area contributed by atoms with Crippen LogP contribution in [0.3, 0.4) is 0 Å². The summed E-state index contributed by atoms with van der Waals surface area (Å²) in [6.45, 7) is 1.51.